The van der Waals surface area contributed by atoms with E-state index in [1.165, 1.54) is 0 Å². The molecule has 1 N–H and O–H groups in total. The van der Waals surface area contributed by atoms with Crippen molar-refractivity contribution in [3.8, 4) is 5.75 Å². The molecule has 4 nitrogen and oxygen atoms in total. The highest BCUT2D eigenvalue weighted by atomic mass is 16.6. The average Bonchev–Trinajstić information content (AvgIpc) is 2.90. The van der Waals surface area contributed by atoms with Crippen molar-refractivity contribution in [3.05, 3.63) is 65.7 Å². The van der Waals surface area contributed by atoms with Crippen molar-refractivity contribution < 1.29 is 14.3 Å². The molecule has 0 unspecified atom stereocenters. The van der Waals surface area contributed by atoms with Gasteiger partial charge in [0.15, 0.2) is 0 Å². The molecule has 1 saturated heterocycles. The van der Waals surface area contributed by atoms with Crippen molar-refractivity contribution in [1.29, 1.82) is 0 Å². The van der Waals surface area contributed by atoms with Crippen LogP contribution in [0.1, 0.15) is 37.1 Å². The zero-order chi connectivity index (χ0) is 17.1. The Morgan fingerprint density at radius 3 is 2.38 bits per heavy atom. The van der Waals surface area contributed by atoms with Crippen LogP contribution in [0, 0.1) is 5.92 Å². The van der Waals surface area contributed by atoms with Crippen molar-refractivity contribution in [3.63, 3.8) is 0 Å². The van der Waals surface area contributed by atoms with Crippen LogP contribution in [0.15, 0.2) is 54.6 Å². The van der Waals surface area contributed by atoms with Crippen molar-refractivity contribution >= 4 is 5.97 Å². The van der Waals surface area contributed by atoms with Gasteiger partial charge in [-0.15, -0.1) is 0 Å². The first-order valence-corrected chi connectivity index (χ1v) is 8.25. The van der Waals surface area contributed by atoms with Crippen molar-refractivity contribution in [2.75, 3.05) is 7.11 Å². The molecule has 0 bridgehead atoms. The van der Waals surface area contributed by atoms with Crippen LogP contribution in [0.25, 0.3) is 0 Å². The molecule has 3 rings (SSSR count). The molecule has 4 atom stereocenters. The van der Waals surface area contributed by atoms with E-state index >= 15 is 0 Å². The van der Waals surface area contributed by atoms with Crippen LogP contribution in [0.4, 0.5) is 0 Å². The van der Waals surface area contributed by atoms with Crippen LogP contribution < -0.4 is 10.1 Å². The third kappa shape index (κ3) is 3.29. The molecule has 0 radical (unpaired) electrons. The zero-order valence-corrected chi connectivity index (χ0v) is 14.2. The fourth-order valence-electron chi connectivity index (χ4n) is 3.19. The predicted octanol–water partition coefficient (Wildman–Crippen LogP) is 3.65. The van der Waals surface area contributed by atoms with E-state index in [1.54, 1.807) is 7.11 Å². The first-order valence-electron chi connectivity index (χ1n) is 8.25. The zero-order valence-electron chi connectivity index (χ0n) is 14.2. The minimum absolute atomic E-state index is 0.0528. The Labute approximate surface area is 142 Å². The van der Waals surface area contributed by atoms with Gasteiger partial charge < -0.3 is 9.47 Å². The van der Waals surface area contributed by atoms with E-state index in [2.05, 4.69) is 31.3 Å². The van der Waals surface area contributed by atoms with E-state index < -0.39 is 0 Å². The Bertz CT molecular complexity index is 684. The van der Waals surface area contributed by atoms with E-state index in [4.69, 9.17) is 9.47 Å². The summed E-state index contributed by atoms with van der Waals surface area (Å²) in [6, 6.07) is 17.6. The van der Waals surface area contributed by atoms with E-state index in [1.807, 2.05) is 42.5 Å². The van der Waals surface area contributed by atoms with Gasteiger partial charge in [0, 0.05) is 12.0 Å². The van der Waals surface area contributed by atoms with Crippen molar-refractivity contribution in [1.82, 2.24) is 5.32 Å². The van der Waals surface area contributed by atoms with Crippen LogP contribution in [-0.4, -0.2) is 19.1 Å². The Morgan fingerprint density at radius 1 is 1.08 bits per heavy atom. The molecule has 2 aromatic rings. The topological polar surface area (TPSA) is 47.6 Å². The smallest absolute Gasteiger partial charge is 0.324 e. The van der Waals surface area contributed by atoms with Gasteiger partial charge in [0.05, 0.1) is 7.11 Å². The number of esters is 1. The van der Waals surface area contributed by atoms with Gasteiger partial charge in [0.2, 0.25) is 0 Å². The molecule has 1 fully saturated rings. The first kappa shape index (κ1) is 16.5. The van der Waals surface area contributed by atoms with Gasteiger partial charge in [0.1, 0.15) is 17.9 Å². The number of nitrogens with one attached hydrogen (secondary N) is 1. The van der Waals surface area contributed by atoms with E-state index in [-0.39, 0.29) is 30.1 Å². The molecule has 1 aliphatic heterocycles. The summed E-state index contributed by atoms with van der Waals surface area (Å²) in [5.41, 5.74) is 2.15. The molecule has 4 heteroatoms. The Kier molecular flexibility index (Phi) is 4.86. The molecular formula is C20H23NO3. The second-order valence-corrected chi connectivity index (χ2v) is 6.27. The number of rotatable bonds is 5. The van der Waals surface area contributed by atoms with Gasteiger partial charge in [-0.1, -0.05) is 49.4 Å². The lowest BCUT2D eigenvalue weighted by atomic mass is 9.92. The molecule has 0 saturated carbocycles. The summed E-state index contributed by atoms with van der Waals surface area (Å²) in [4.78, 5) is 12.3. The number of carbonyl (C=O) groups is 1. The standard InChI is InChI=1S/C20H23NO3/c1-13-18(21-14(2)15-7-5-4-6-8-15)20(22)24-19(13)16-9-11-17(23-3)12-10-16/h4-14,18-19,21H,1-3H3/t13-,14+,18+,19+/m1/s1. The molecule has 0 amide bonds. The maximum Gasteiger partial charge on any atom is 0.324 e. The van der Waals surface area contributed by atoms with Gasteiger partial charge in [-0.25, -0.2) is 0 Å². The van der Waals surface area contributed by atoms with Gasteiger partial charge in [0.25, 0.3) is 0 Å². The van der Waals surface area contributed by atoms with Crippen molar-refractivity contribution in [2.24, 2.45) is 5.92 Å². The van der Waals surface area contributed by atoms with E-state index in [9.17, 15) is 4.79 Å². The molecular weight excluding hydrogens is 302 g/mol. The molecule has 0 spiro atoms. The van der Waals surface area contributed by atoms with Gasteiger partial charge in [-0.2, -0.15) is 0 Å². The summed E-state index contributed by atoms with van der Waals surface area (Å²) in [7, 11) is 1.64. The normalized spacial score (nSPS) is 24.5. The van der Waals surface area contributed by atoms with Crippen LogP contribution in [-0.2, 0) is 9.53 Å². The van der Waals surface area contributed by atoms with Gasteiger partial charge in [-0.05, 0) is 30.2 Å². The number of methoxy groups -OCH3 is 1. The summed E-state index contributed by atoms with van der Waals surface area (Å²) in [6.07, 6.45) is -0.233. The lowest BCUT2D eigenvalue weighted by Crippen LogP contribution is -2.39. The predicted molar refractivity (Wildman–Crippen MR) is 92.8 cm³/mol. The Balaban J connectivity index is 1.72. The SMILES string of the molecule is COc1ccc([C@H]2OC(=O)[C@@H](N[C@@H](C)c3ccccc3)[C@H]2C)cc1. The second-order valence-electron chi connectivity index (χ2n) is 6.27. The largest absolute Gasteiger partial charge is 0.497 e. The highest BCUT2D eigenvalue weighted by Crippen LogP contribution is 2.36. The lowest BCUT2D eigenvalue weighted by Gasteiger charge is -2.21. The first-order chi connectivity index (χ1) is 11.6. The average molecular weight is 325 g/mol. The molecule has 0 aromatic heterocycles. The molecule has 0 aliphatic carbocycles. The van der Waals surface area contributed by atoms with Crippen LogP contribution in [0.2, 0.25) is 0 Å². The molecule has 1 heterocycles. The fraction of sp³-hybridized carbons (Fsp3) is 0.350. The molecule has 126 valence electrons. The molecule has 1 aliphatic rings. The maximum atomic E-state index is 12.3. The molecule has 24 heavy (non-hydrogen) atoms. The summed E-state index contributed by atoms with van der Waals surface area (Å²) in [5.74, 6) is 0.659. The highest BCUT2D eigenvalue weighted by Gasteiger charge is 2.43. The minimum Gasteiger partial charge on any atom is -0.497 e. The number of cyclic esters (lactones) is 1. The monoisotopic (exact) mass is 325 g/mol. The maximum absolute atomic E-state index is 12.3. The minimum atomic E-state index is -0.313. The quantitative estimate of drug-likeness (QED) is 0.853. The van der Waals surface area contributed by atoms with Crippen LogP contribution in [0.5, 0.6) is 5.75 Å². The van der Waals surface area contributed by atoms with Crippen molar-refractivity contribution in [2.45, 2.75) is 32.0 Å². The number of hydrogen-bond acceptors (Lipinski definition) is 4. The third-order valence-corrected chi connectivity index (χ3v) is 4.67. The second kappa shape index (κ2) is 7.05. The highest BCUT2D eigenvalue weighted by molar-refractivity contribution is 5.79. The van der Waals surface area contributed by atoms with E-state index in [0.29, 0.717) is 0 Å². The number of carbonyl (C=O) groups excluding carboxylic acids is 1. The number of ether oxygens (including phenoxy) is 2. The van der Waals surface area contributed by atoms with Gasteiger partial charge >= 0.3 is 5.97 Å². The van der Waals surface area contributed by atoms with Crippen LogP contribution in [0.3, 0.4) is 0 Å². The van der Waals surface area contributed by atoms with Crippen LogP contribution >= 0.6 is 0 Å². The summed E-state index contributed by atoms with van der Waals surface area (Å²) < 4.78 is 10.8. The van der Waals surface area contributed by atoms with Gasteiger partial charge in [-0.3, -0.25) is 10.1 Å². The number of hydrogen-bond donors (Lipinski definition) is 1. The summed E-state index contributed by atoms with van der Waals surface area (Å²) in [6.45, 7) is 4.12. The Hall–Kier alpha value is -2.33. The van der Waals surface area contributed by atoms with E-state index in [0.717, 1.165) is 16.9 Å². The summed E-state index contributed by atoms with van der Waals surface area (Å²) in [5, 5.41) is 3.42. The summed E-state index contributed by atoms with van der Waals surface area (Å²) >= 11 is 0. The lowest BCUT2D eigenvalue weighted by molar-refractivity contribution is -0.143. The third-order valence-electron chi connectivity index (χ3n) is 4.67. The Morgan fingerprint density at radius 2 is 1.75 bits per heavy atom. The number of benzene rings is 2. The molecule has 2 aromatic carbocycles. The fourth-order valence-corrected chi connectivity index (χ4v) is 3.19.